The van der Waals surface area contributed by atoms with Crippen molar-refractivity contribution in [3.8, 4) is 5.75 Å². The zero-order valence-electron chi connectivity index (χ0n) is 17.4. The van der Waals surface area contributed by atoms with Crippen LogP contribution in [0.1, 0.15) is 48.0 Å². The van der Waals surface area contributed by atoms with Crippen LogP contribution in [0.5, 0.6) is 5.75 Å². The number of ether oxygens (including phenoxy) is 1. The van der Waals surface area contributed by atoms with Gasteiger partial charge < -0.3 is 20.5 Å². The highest BCUT2D eigenvalue weighted by Crippen LogP contribution is 2.35. The van der Waals surface area contributed by atoms with E-state index in [0.717, 1.165) is 25.3 Å². The summed E-state index contributed by atoms with van der Waals surface area (Å²) in [7, 11) is 1.62. The van der Waals surface area contributed by atoms with Gasteiger partial charge in [0.1, 0.15) is 5.75 Å². The summed E-state index contributed by atoms with van der Waals surface area (Å²) in [5.74, 6) is 0.863. The van der Waals surface area contributed by atoms with Crippen LogP contribution in [-0.4, -0.2) is 67.3 Å². The first kappa shape index (κ1) is 21.6. The van der Waals surface area contributed by atoms with Gasteiger partial charge in [0.2, 0.25) is 5.91 Å². The van der Waals surface area contributed by atoms with E-state index in [1.54, 1.807) is 32.2 Å². The van der Waals surface area contributed by atoms with Crippen molar-refractivity contribution in [1.29, 1.82) is 0 Å². The van der Waals surface area contributed by atoms with Gasteiger partial charge >= 0.3 is 0 Å². The largest absolute Gasteiger partial charge is 0.508 e. The number of hydrogen-bond acceptors (Lipinski definition) is 5. The van der Waals surface area contributed by atoms with E-state index >= 15 is 0 Å². The molecular weight excluding hydrogens is 370 g/mol. The first-order chi connectivity index (χ1) is 14.0. The van der Waals surface area contributed by atoms with E-state index in [1.807, 2.05) is 0 Å². The van der Waals surface area contributed by atoms with Crippen LogP contribution < -0.4 is 10.6 Å². The molecule has 1 saturated carbocycles. The lowest BCUT2D eigenvalue weighted by atomic mass is 10.1. The third kappa shape index (κ3) is 6.18. The van der Waals surface area contributed by atoms with Crippen molar-refractivity contribution >= 4 is 11.8 Å². The summed E-state index contributed by atoms with van der Waals surface area (Å²) < 4.78 is 4.99. The van der Waals surface area contributed by atoms with Crippen LogP contribution in [0.2, 0.25) is 0 Å². The molecule has 1 aromatic carbocycles. The van der Waals surface area contributed by atoms with Crippen LogP contribution in [0.3, 0.4) is 0 Å². The third-order valence-electron chi connectivity index (χ3n) is 5.94. The lowest BCUT2D eigenvalue weighted by molar-refractivity contribution is -0.122. The molecule has 0 radical (unpaired) electrons. The van der Waals surface area contributed by atoms with Crippen molar-refractivity contribution < 1.29 is 19.4 Å². The second-order valence-electron chi connectivity index (χ2n) is 8.28. The Hall–Kier alpha value is -2.12. The van der Waals surface area contributed by atoms with Gasteiger partial charge in [-0.15, -0.1) is 0 Å². The standard InChI is InChI=1S/C22H33N3O4/c1-15-11-17(5-8-20(15)26)22(28)24-13-19-7-6-18(25(19)14-16-3-4-16)12-21(27)23-9-10-29-2/h5,8,11,16,18-19,26H,3-4,6-7,9-10,12-14H2,1-2H3,(H,23,27)(H,24,28)/t18-,19+/m1/s1. The molecule has 0 spiro atoms. The summed E-state index contributed by atoms with van der Waals surface area (Å²) in [6, 6.07) is 5.39. The summed E-state index contributed by atoms with van der Waals surface area (Å²) in [6.45, 7) is 4.43. The molecule has 1 aromatic rings. The fourth-order valence-electron chi connectivity index (χ4n) is 4.04. The molecule has 3 N–H and O–H groups in total. The van der Waals surface area contributed by atoms with Crippen LogP contribution in [0.25, 0.3) is 0 Å². The number of nitrogens with one attached hydrogen (secondary N) is 2. The van der Waals surface area contributed by atoms with Gasteiger partial charge in [-0.1, -0.05) is 0 Å². The van der Waals surface area contributed by atoms with E-state index in [1.165, 1.54) is 12.8 Å². The molecule has 0 aromatic heterocycles. The van der Waals surface area contributed by atoms with Gasteiger partial charge in [-0.05, 0) is 62.3 Å². The number of phenolic OH excluding ortho intramolecular Hbond substituents is 1. The quantitative estimate of drug-likeness (QED) is 0.519. The molecule has 2 atom stereocenters. The fourth-order valence-corrected chi connectivity index (χ4v) is 4.04. The highest BCUT2D eigenvalue weighted by atomic mass is 16.5. The molecule has 2 fully saturated rings. The monoisotopic (exact) mass is 403 g/mol. The average molecular weight is 404 g/mol. The average Bonchev–Trinajstić information content (AvgIpc) is 3.44. The number of methoxy groups -OCH3 is 1. The molecule has 3 rings (SSSR count). The summed E-state index contributed by atoms with van der Waals surface area (Å²) in [5, 5.41) is 15.6. The zero-order chi connectivity index (χ0) is 20.8. The normalized spacial score (nSPS) is 21.9. The number of likely N-dealkylation sites (tertiary alicyclic amines) is 1. The SMILES string of the molecule is COCCNC(=O)C[C@H]1CC[C@@H](CNC(=O)c2ccc(O)c(C)c2)N1CC1CC1. The zero-order valence-corrected chi connectivity index (χ0v) is 17.4. The Labute approximate surface area is 172 Å². The summed E-state index contributed by atoms with van der Waals surface area (Å²) in [6.07, 6.45) is 4.98. The molecule has 1 aliphatic heterocycles. The number of amides is 2. The molecule has 1 heterocycles. The number of nitrogens with zero attached hydrogens (tertiary/aromatic N) is 1. The first-order valence-corrected chi connectivity index (χ1v) is 10.6. The predicted octanol–water partition coefficient (Wildman–Crippen LogP) is 1.83. The molecule has 2 amide bonds. The van der Waals surface area contributed by atoms with Crippen molar-refractivity contribution in [2.24, 2.45) is 5.92 Å². The minimum Gasteiger partial charge on any atom is -0.508 e. The maximum atomic E-state index is 12.5. The topological polar surface area (TPSA) is 90.9 Å². The van der Waals surface area contributed by atoms with Gasteiger partial charge in [-0.3, -0.25) is 14.5 Å². The van der Waals surface area contributed by atoms with Crippen molar-refractivity contribution in [3.05, 3.63) is 29.3 Å². The summed E-state index contributed by atoms with van der Waals surface area (Å²) >= 11 is 0. The lowest BCUT2D eigenvalue weighted by Crippen LogP contribution is -2.45. The van der Waals surface area contributed by atoms with Gasteiger partial charge in [-0.25, -0.2) is 0 Å². The van der Waals surface area contributed by atoms with Crippen LogP contribution in [0.4, 0.5) is 0 Å². The van der Waals surface area contributed by atoms with Crippen LogP contribution in [0.15, 0.2) is 18.2 Å². The maximum absolute atomic E-state index is 12.5. The number of rotatable bonds is 10. The van der Waals surface area contributed by atoms with E-state index < -0.39 is 0 Å². The second-order valence-corrected chi connectivity index (χ2v) is 8.28. The molecule has 1 aliphatic carbocycles. The van der Waals surface area contributed by atoms with Crippen molar-refractivity contribution in [2.45, 2.75) is 51.1 Å². The molecule has 7 nitrogen and oxygen atoms in total. The minimum absolute atomic E-state index is 0.0668. The molecule has 160 valence electrons. The van der Waals surface area contributed by atoms with Crippen LogP contribution in [0, 0.1) is 12.8 Å². The van der Waals surface area contributed by atoms with Crippen molar-refractivity contribution in [2.75, 3.05) is 33.4 Å². The van der Waals surface area contributed by atoms with Gasteiger partial charge in [0, 0.05) is 50.8 Å². The number of aryl methyl sites for hydroxylation is 1. The number of hydrogen-bond donors (Lipinski definition) is 3. The van der Waals surface area contributed by atoms with Crippen LogP contribution in [-0.2, 0) is 9.53 Å². The number of phenols is 1. The Kier molecular flexibility index (Phi) is 7.50. The smallest absolute Gasteiger partial charge is 0.251 e. The Balaban J connectivity index is 1.54. The summed E-state index contributed by atoms with van der Waals surface area (Å²) in [5.41, 5.74) is 1.24. The van der Waals surface area contributed by atoms with Crippen molar-refractivity contribution in [3.63, 3.8) is 0 Å². The fraction of sp³-hybridized carbons (Fsp3) is 0.636. The molecule has 1 saturated heterocycles. The first-order valence-electron chi connectivity index (χ1n) is 10.6. The Morgan fingerprint density at radius 1 is 1.17 bits per heavy atom. The molecule has 7 heteroatoms. The Bertz CT molecular complexity index is 720. The number of aromatic hydroxyl groups is 1. The predicted molar refractivity (Wildman–Crippen MR) is 111 cm³/mol. The maximum Gasteiger partial charge on any atom is 0.251 e. The van der Waals surface area contributed by atoms with E-state index in [9.17, 15) is 14.7 Å². The van der Waals surface area contributed by atoms with Crippen LogP contribution >= 0.6 is 0 Å². The Morgan fingerprint density at radius 3 is 2.62 bits per heavy atom. The molecule has 0 unspecified atom stereocenters. The highest BCUT2D eigenvalue weighted by molar-refractivity contribution is 5.94. The lowest BCUT2D eigenvalue weighted by Gasteiger charge is -2.30. The molecular formula is C22H33N3O4. The second kappa shape index (κ2) is 10.1. The van der Waals surface area contributed by atoms with Gasteiger partial charge in [0.25, 0.3) is 5.91 Å². The number of benzene rings is 1. The van der Waals surface area contributed by atoms with Crippen molar-refractivity contribution in [1.82, 2.24) is 15.5 Å². The number of carbonyl (C=O) groups excluding carboxylic acids is 2. The summed E-state index contributed by atoms with van der Waals surface area (Å²) in [4.78, 5) is 27.2. The number of carbonyl (C=O) groups is 2. The van der Waals surface area contributed by atoms with E-state index in [2.05, 4.69) is 15.5 Å². The molecule has 29 heavy (non-hydrogen) atoms. The third-order valence-corrected chi connectivity index (χ3v) is 5.94. The van der Waals surface area contributed by atoms with E-state index in [-0.39, 0.29) is 29.6 Å². The van der Waals surface area contributed by atoms with Gasteiger partial charge in [-0.2, -0.15) is 0 Å². The molecule has 0 bridgehead atoms. The van der Waals surface area contributed by atoms with Gasteiger partial charge in [0.05, 0.1) is 6.61 Å². The molecule has 2 aliphatic rings. The van der Waals surface area contributed by atoms with Gasteiger partial charge in [0.15, 0.2) is 0 Å². The minimum atomic E-state index is -0.125. The Morgan fingerprint density at radius 2 is 1.93 bits per heavy atom. The van der Waals surface area contributed by atoms with E-state index in [4.69, 9.17) is 4.74 Å². The highest BCUT2D eigenvalue weighted by Gasteiger charge is 2.38. The van der Waals surface area contributed by atoms with E-state index in [0.29, 0.717) is 37.2 Å².